The van der Waals surface area contributed by atoms with Crippen molar-refractivity contribution in [1.82, 2.24) is 9.55 Å². The molecule has 2 aromatic heterocycles. The van der Waals surface area contributed by atoms with E-state index in [2.05, 4.69) is 180 Å². The van der Waals surface area contributed by atoms with Gasteiger partial charge >= 0.3 is 0 Å². The fourth-order valence-electron chi connectivity index (χ4n) is 7.70. The fourth-order valence-corrected chi connectivity index (χ4v) is 12.5. The Bertz CT molecular complexity index is 2420. The van der Waals surface area contributed by atoms with Crippen LogP contribution in [0.15, 0.2) is 182 Å². The molecule has 2 heterocycles. The van der Waals surface area contributed by atoms with E-state index in [0.29, 0.717) is 0 Å². The van der Waals surface area contributed by atoms with Gasteiger partial charge in [-0.1, -0.05) is 146 Å². The van der Waals surface area contributed by atoms with Gasteiger partial charge in [-0.3, -0.25) is 4.98 Å². The van der Waals surface area contributed by atoms with Gasteiger partial charge in [-0.25, -0.2) is 0 Å². The van der Waals surface area contributed by atoms with Crippen LogP contribution in [0.4, 0.5) is 0 Å². The molecule has 9 rings (SSSR count). The Labute approximate surface area is 268 Å². The van der Waals surface area contributed by atoms with Gasteiger partial charge in [0.05, 0.1) is 16.6 Å². The van der Waals surface area contributed by atoms with Gasteiger partial charge in [-0.05, 0) is 56.5 Å². The third-order valence-electron chi connectivity index (χ3n) is 9.55. The van der Waals surface area contributed by atoms with Crippen molar-refractivity contribution < 1.29 is 0 Å². The summed E-state index contributed by atoms with van der Waals surface area (Å²) in [6.45, 7) is 0. The summed E-state index contributed by atoms with van der Waals surface area (Å²) in [5.41, 5.74) is 4.59. The van der Waals surface area contributed by atoms with Crippen LogP contribution in [0.25, 0.3) is 49.2 Å². The minimum atomic E-state index is -2.70. The molecule has 46 heavy (non-hydrogen) atoms. The first-order valence-electron chi connectivity index (χ1n) is 15.8. The lowest BCUT2D eigenvalue weighted by atomic mass is 10.00. The molecule has 0 N–H and O–H groups in total. The van der Waals surface area contributed by atoms with E-state index in [1.807, 2.05) is 6.20 Å². The van der Waals surface area contributed by atoms with E-state index in [1.165, 1.54) is 53.3 Å². The summed E-state index contributed by atoms with van der Waals surface area (Å²) in [6.07, 6.45) is 1.91. The standard InChI is InChI=1S/C43H30N2Si/c1-4-17-32(18-5-1)46(33-19-6-2-7-20-33,34-21-8-3-9-22-34)35-23-14-16-31(30-35)45-40-28-13-12-26-38(40)41-36-24-10-11-25-37(36)42-39(43(41)45)27-15-29-44-42/h1-30H. The van der Waals surface area contributed by atoms with E-state index in [0.717, 1.165) is 16.6 Å². The molecule has 9 aromatic rings. The maximum absolute atomic E-state index is 4.93. The van der Waals surface area contributed by atoms with Gasteiger partial charge in [0.15, 0.2) is 8.07 Å². The van der Waals surface area contributed by atoms with Crippen molar-refractivity contribution >= 4 is 72.3 Å². The smallest absolute Gasteiger partial charge is 0.179 e. The number of nitrogens with zero attached hydrogens (tertiary/aromatic N) is 2. The maximum Gasteiger partial charge on any atom is 0.179 e. The molecule has 0 aliphatic heterocycles. The Kier molecular flexibility index (Phi) is 6.18. The predicted octanol–water partition coefficient (Wildman–Crippen LogP) is 7.86. The van der Waals surface area contributed by atoms with Crippen molar-refractivity contribution in [2.75, 3.05) is 0 Å². The van der Waals surface area contributed by atoms with Crippen LogP contribution in [0, 0.1) is 0 Å². The summed E-state index contributed by atoms with van der Waals surface area (Å²) in [5, 5.41) is 11.6. The second kappa shape index (κ2) is 10.7. The summed E-state index contributed by atoms with van der Waals surface area (Å²) >= 11 is 0. The lowest BCUT2D eigenvalue weighted by Crippen LogP contribution is -2.74. The number of aromatic nitrogens is 2. The normalized spacial score (nSPS) is 11.9. The second-order valence-electron chi connectivity index (χ2n) is 11.9. The van der Waals surface area contributed by atoms with Crippen molar-refractivity contribution in [3.8, 4) is 5.69 Å². The molecule has 0 saturated heterocycles. The topological polar surface area (TPSA) is 17.8 Å². The fraction of sp³-hybridized carbons (Fsp3) is 0. The zero-order chi connectivity index (χ0) is 30.5. The van der Waals surface area contributed by atoms with Crippen molar-refractivity contribution in [3.05, 3.63) is 182 Å². The van der Waals surface area contributed by atoms with Gasteiger partial charge in [-0.15, -0.1) is 0 Å². The molecule has 0 aliphatic rings. The molecule has 2 nitrogen and oxygen atoms in total. The summed E-state index contributed by atoms with van der Waals surface area (Å²) in [7, 11) is -2.70. The van der Waals surface area contributed by atoms with Crippen molar-refractivity contribution in [1.29, 1.82) is 0 Å². The zero-order valence-electron chi connectivity index (χ0n) is 25.2. The van der Waals surface area contributed by atoms with Crippen LogP contribution in [-0.4, -0.2) is 17.6 Å². The summed E-state index contributed by atoms with van der Waals surface area (Å²) in [5.74, 6) is 0. The van der Waals surface area contributed by atoms with E-state index in [-0.39, 0.29) is 0 Å². The van der Waals surface area contributed by atoms with Crippen LogP contribution in [0.5, 0.6) is 0 Å². The van der Waals surface area contributed by atoms with Crippen LogP contribution in [-0.2, 0) is 0 Å². The first-order valence-corrected chi connectivity index (χ1v) is 17.8. The minimum absolute atomic E-state index is 1.03. The molecule has 0 unspecified atom stereocenters. The van der Waals surface area contributed by atoms with E-state index in [1.54, 1.807) is 0 Å². The number of fused-ring (bicyclic) bond motifs is 8. The average Bonchev–Trinajstić information content (AvgIpc) is 3.49. The molecule has 3 heteroatoms. The second-order valence-corrected chi connectivity index (χ2v) is 15.7. The molecule has 216 valence electrons. The van der Waals surface area contributed by atoms with Crippen LogP contribution in [0.3, 0.4) is 0 Å². The number of benzene rings is 7. The van der Waals surface area contributed by atoms with Crippen LogP contribution in [0.1, 0.15) is 0 Å². The lowest BCUT2D eigenvalue weighted by molar-refractivity contribution is 1.19. The zero-order valence-corrected chi connectivity index (χ0v) is 26.2. The Morgan fingerprint density at radius 2 is 0.935 bits per heavy atom. The minimum Gasteiger partial charge on any atom is -0.309 e. The molecular weight excluding hydrogens is 573 g/mol. The number of rotatable bonds is 5. The molecule has 0 amide bonds. The van der Waals surface area contributed by atoms with Crippen molar-refractivity contribution in [2.45, 2.75) is 0 Å². The third kappa shape index (κ3) is 3.86. The Morgan fingerprint density at radius 1 is 0.413 bits per heavy atom. The molecule has 7 aromatic carbocycles. The highest BCUT2D eigenvalue weighted by Gasteiger charge is 2.41. The van der Waals surface area contributed by atoms with Gasteiger partial charge in [0, 0.05) is 33.4 Å². The Balaban J connectivity index is 1.43. The number of hydrogen-bond donors (Lipinski definition) is 0. The summed E-state index contributed by atoms with van der Waals surface area (Å²) in [4.78, 5) is 4.93. The van der Waals surface area contributed by atoms with E-state index in [9.17, 15) is 0 Å². The molecule has 0 bridgehead atoms. The highest BCUT2D eigenvalue weighted by molar-refractivity contribution is 7.19. The van der Waals surface area contributed by atoms with Crippen LogP contribution < -0.4 is 20.7 Å². The van der Waals surface area contributed by atoms with Gasteiger partial charge in [0.2, 0.25) is 0 Å². The van der Waals surface area contributed by atoms with Gasteiger partial charge in [0.1, 0.15) is 0 Å². The number of hydrogen-bond acceptors (Lipinski definition) is 1. The molecule has 0 radical (unpaired) electrons. The molecule has 0 saturated carbocycles. The predicted molar refractivity (Wildman–Crippen MR) is 197 cm³/mol. The average molecular weight is 603 g/mol. The maximum atomic E-state index is 4.93. The largest absolute Gasteiger partial charge is 0.309 e. The summed E-state index contributed by atoms with van der Waals surface area (Å²) in [6, 6.07) is 64.6. The molecular formula is C43H30N2Si. The highest BCUT2D eigenvalue weighted by atomic mass is 28.3. The Hall–Kier alpha value is -5.77. The first kappa shape index (κ1) is 26.6. The van der Waals surface area contributed by atoms with Crippen LogP contribution in [0.2, 0.25) is 0 Å². The van der Waals surface area contributed by atoms with Crippen molar-refractivity contribution in [2.24, 2.45) is 0 Å². The van der Waals surface area contributed by atoms with E-state index in [4.69, 9.17) is 4.98 Å². The van der Waals surface area contributed by atoms with Crippen LogP contribution >= 0.6 is 0 Å². The van der Waals surface area contributed by atoms with Crippen molar-refractivity contribution in [3.63, 3.8) is 0 Å². The quantitative estimate of drug-likeness (QED) is 0.111. The molecule has 0 atom stereocenters. The van der Waals surface area contributed by atoms with Gasteiger partial charge in [0.25, 0.3) is 0 Å². The van der Waals surface area contributed by atoms with Gasteiger partial charge in [-0.2, -0.15) is 0 Å². The summed E-state index contributed by atoms with van der Waals surface area (Å²) < 4.78 is 2.48. The van der Waals surface area contributed by atoms with E-state index < -0.39 is 8.07 Å². The SMILES string of the molecule is c1ccc([Si](c2ccccc2)(c2ccccc2)c2cccc(-n3c4ccccc4c4c5ccccc5c5ncccc5c43)c2)cc1. The molecule has 0 fully saturated rings. The number of para-hydroxylation sites is 1. The monoisotopic (exact) mass is 602 g/mol. The first-order chi connectivity index (χ1) is 22.9. The highest BCUT2D eigenvalue weighted by Crippen LogP contribution is 2.41. The third-order valence-corrected chi connectivity index (χ3v) is 14.3. The molecule has 0 spiro atoms. The lowest BCUT2D eigenvalue weighted by Gasteiger charge is -2.34. The number of pyridine rings is 1. The van der Waals surface area contributed by atoms with Gasteiger partial charge < -0.3 is 4.57 Å². The van der Waals surface area contributed by atoms with E-state index >= 15 is 0 Å². The Morgan fingerprint density at radius 3 is 1.59 bits per heavy atom. The molecule has 0 aliphatic carbocycles.